The van der Waals surface area contributed by atoms with Crippen LogP contribution in [0.3, 0.4) is 0 Å². The van der Waals surface area contributed by atoms with Crippen molar-refractivity contribution in [3.8, 4) is 0 Å². The topological polar surface area (TPSA) is 67.3 Å². The first-order valence-corrected chi connectivity index (χ1v) is 12.0. The summed E-state index contributed by atoms with van der Waals surface area (Å²) in [5.41, 5.74) is 0.947. The van der Waals surface area contributed by atoms with Crippen LogP contribution in [0.5, 0.6) is 0 Å². The van der Waals surface area contributed by atoms with E-state index in [-0.39, 0.29) is 29.5 Å². The molecule has 2 heterocycles. The van der Waals surface area contributed by atoms with Crippen LogP contribution in [0.2, 0.25) is 0 Å². The van der Waals surface area contributed by atoms with Gasteiger partial charge in [-0.25, -0.2) is 13.4 Å². The Labute approximate surface area is 156 Å². The molecule has 1 aromatic heterocycles. The second kappa shape index (κ2) is 7.63. The van der Waals surface area contributed by atoms with Crippen molar-refractivity contribution >= 4 is 49.1 Å². The minimum absolute atomic E-state index is 0.000654. The summed E-state index contributed by atoms with van der Waals surface area (Å²) in [4.78, 5) is 19.2. The fourth-order valence-corrected chi connectivity index (χ4v) is 6.76. The Hall–Kier alpha value is -1.12. The molecule has 0 saturated carbocycles. The Morgan fingerprint density at radius 2 is 2.20 bits per heavy atom. The van der Waals surface area contributed by atoms with Crippen LogP contribution in [0.4, 0.5) is 0 Å². The molecule has 0 spiro atoms. The fraction of sp³-hybridized carbons (Fsp3) is 0.529. The Bertz CT molecular complexity index is 830. The SMILES string of the molecule is CC[C@H](C)N(C(=O)CSc1nc2ccccc2s1)[C@@H]1CCS(=O)(=O)C1. The summed E-state index contributed by atoms with van der Waals surface area (Å²) in [6.45, 7) is 4.01. The Balaban J connectivity index is 1.69. The van der Waals surface area contributed by atoms with Crippen LogP contribution in [0.1, 0.15) is 26.7 Å². The Kier molecular flexibility index (Phi) is 5.70. The van der Waals surface area contributed by atoms with E-state index in [9.17, 15) is 13.2 Å². The van der Waals surface area contributed by atoms with Gasteiger partial charge >= 0.3 is 0 Å². The molecule has 136 valence electrons. The lowest BCUT2D eigenvalue weighted by atomic mass is 10.1. The molecule has 0 N–H and O–H groups in total. The average molecular weight is 399 g/mol. The van der Waals surface area contributed by atoms with Gasteiger partial charge in [-0.05, 0) is 31.9 Å². The van der Waals surface area contributed by atoms with Crippen LogP contribution < -0.4 is 0 Å². The van der Waals surface area contributed by atoms with E-state index >= 15 is 0 Å². The zero-order valence-corrected chi connectivity index (χ0v) is 16.8. The van der Waals surface area contributed by atoms with Crippen LogP contribution in [-0.2, 0) is 14.6 Å². The predicted octanol–water partition coefficient (Wildman–Crippen LogP) is 3.20. The van der Waals surface area contributed by atoms with Gasteiger partial charge in [-0.2, -0.15) is 0 Å². The highest BCUT2D eigenvalue weighted by Crippen LogP contribution is 2.30. The quantitative estimate of drug-likeness (QED) is 0.699. The maximum Gasteiger partial charge on any atom is 0.233 e. The van der Waals surface area contributed by atoms with Gasteiger partial charge in [0.1, 0.15) is 0 Å². The molecule has 0 aliphatic carbocycles. The highest BCUT2D eigenvalue weighted by atomic mass is 32.2. The molecule has 1 aromatic carbocycles. The van der Waals surface area contributed by atoms with Crippen molar-refractivity contribution in [1.29, 1.82) is 0 Å². The number of thioether (sulfide) groups is 1. The lowest BCUT2D eigenvalue weighted by Gasteiger charge is -2.33. The van der Waals surface area contributed by atoms with Crippen LogP contribution in [0, 0.1) is 0 Å². The second-order valence-corrected chi connectivity index (χ2v) is 10.8. The van der Waals surface area contributed by atoms with E-state index in [1.807, 2.05) is 38.1 Å². The first-order chi connectivity index (χ1) is 11.9. The van der Waals surface area contributed by atoms with Crippen LogP contribution in [-0.4, -0.2) is 53.6 Å². The number of fused-ring (bicyclic) bond motifs is 1. The summed E-state index contributed by atoms with van der Waals surface area (Å²) in [6.07, 6.45) is 1.36. The Morgan fingerprint density at radius 3 is 2.84 bits per heavy atom. The number of thiazole rings is 1. The lowest BCUT2D eigenvalue weighted by Crippen LogP contribution is -2.47. The van der Waals surface area contributed by atoms with Crippen molar-refractivity contribution in [2.75, 3.05) is 17.3 Å². The molecular weight excluding hydrogens is 376 g/mol. The molecule has 1 aliphatic heterocycles. The predicted molar refractivity (Wildman–Crippen MR) is 104 cm³/mol. The first-order valence-electron chi connectivity index (χ1n) is 8.39. The molecule has 0 bridgehead atoms. The van der Waals surface area contributed by atoms with Gasteiger partial charge in [0.2, 0.25) is 5.91 Å². The highest BCUT2D eigenvalue weighted by Gasteiger charge is 2.36. The van der Waals surface area contributed by atoms with Gasteiger partial charge in [-0.1, -0.05) is 30.8 Å². The maximum atomic E-state index is 12.8. The minimum Gasteiger partial charge on any atom is -0.335 e. The van der Waals surface area contributed by atoms with E-state index in [0.717, 1.165) is 21.0 Å². The monoisotopic (exact) mass is 398 g/mol. The third kappa shape index (κ3) is 4.35. The summed E-state index contributed by atoms with van der Waals surface area (Å²) >= 11 is 3.02. The summed E-state index contributed by atoms with van der Waals surface area (Å²) < 4.78 is 25.6. The van der Waals surface area contributed by atoms with E-state index in [4.69, 9.17) is 0 Å². The highest BCUT2D eigenvalue weighted by molar-refractivity contribution is 8.01. The van der Waals surface area contributed by atoms with Crippen molar-refractivity contribution < 1.29 is 13.2 Å². The van der Waals surface area contributed by atoms with Gasteiger partial charge in [0.05, 0.1) is 27.5 Å². The summed E-state index contributed by atoms with van der Waals surface area (Å²) in [5.74, 6) is 0.569. The lowest BCUT2D eigenvalue weighted by molar-refractivity contribution is -0.132. The van der Waals surface area contributed by atoms with Gasteiger partial charge in [0, 0.05) is 12.1 Å². The normalized spacial score (nSPS) is 20.6. The van der Waals surface area contributed by atoms with Crippen molar-refractivity contribution in [2.45, 2.75) is 43.1 Å². The molecule has 0 radical (unpaired) electrons. The molecule has 5 nitrogen and oxygen atoms in total. The van der Waals surface area contributed by atoms with Gasteiger partial charge in [-0.15, -0.1) is 11.3 Å². The van der Waals surface area contributed by atoms with E-state index in [2.05, 4.69) is 4.98 Å². The summed E-state index contributed by atoms with van der Waals surface area (Å²) in [7, 11) is -3.01. The average Bonchev–Trinajstić information content (AvgIpc) is 3.15. The molecule has 2 atom stereocenters. The smallest absolute Gasteiger partial charge is 0.233 e. The zero-order valence-electron chi connectivity index (χ0n) is 14.3. The number of hydrogen-bond acceptors (Lipinski definition) is 6. The molecule has 1 saturated heterocycles. The van der Waals surface area contributed by atoms with Crippen LogP contribution in [0.15, 0.2) is 28.6 Å². The zero-order chi connectivity index (χ0) is 18.0. The number of carbonyl (C=O) groups excluding carboxylic acids is 1. The third-order valence-electron chi connectivity index (χ3n) is 4.55. The van der Waals surface area contributed by atoms with Crippen molar-refractivity contribution in [3.63, 3.8) is 0 Å². The molecule has 0 unspecified atom stereocenters. The van der Waals surface area contributed by atoms with Crippen molar-refractivity contribution in [3.05, 3.63) is 24.3 Å². The molecular formula is C17H22N2O3S3. The van der Waals surface area contributed by atoms with Crippen molar-refractivity contribution in [1.82, 2.24) is 9.88 Å². The molecule has 2 aromatic rings. The van der Waals surface area contributed by atoms with E-state index in [1.165, 1.54) is 11.8 Å². The Morgan fingerprint density at radius 1 is 1.44 bits per heavy atom. The number of rotatable bonds is 6. The number of nitrogens with zero attached hydrogens (tertiary/aromatic N) is 2. The van der Waals surface area contributed by atoms with Crippen LogP contribution >= 0.6 is 23.1 Å². The maximum absolute atomic E-state index is 12.8. The van der Waals surface area contributed by atoms with Gasteiger partial charge in [0.25, 0.3) is 0 Å². The standard InChI is InChI=1S/C17H22N2O3S3/c1-3-12(2)19(13-8-9-25(21,22)11-13)16(20)10-23-17-18-14-6-4-5-7-15(14)24-17/h4-7,12-13H,3,8-11H2,1-2H3/t12-,13+/m0/s1. The molecule has 8 heteroatoms. The third-order valence-corrected chi connectivity index (χ3v) is 8.46. The number of para-hydroxylation sites is 1. The number of benzene rings is 1. The molecule has 1 aliphatic rings. The van der Waals surface area contributed by atoms with Gasteiger partial charge in [-0.3, -0.25) is 4.79 Å². The van der Waals surface area contributed by atoms with Crippen LogP contribution in [0.25, 0.3) is 10.2 Å². The summed E-state index contributed by atoms with van der Waals surface area (Å²) in [5, 5.41) is 0. The fourth-order valence-electron chi connectivity index (χ4n) is 3.11. The number of aromatic nitrogens is 1. The van der Waals surface area contributed by atoms with E-state index < -0.39 is 9.84 Å². The van der Waals surface area contributed by atoms with E-state index in [1.54, 1.807) is 16.2 Å². The van der Waals surface area contributed by atoms with E-state index in [0.29, 0.717) is 12.2 Å². The molecule has 1 amide bonds. The number of carbonyl (C=O) groups is 1. The van der Waals surface area contributed by atoms with Gasteiger partial charge < -0.3 is 4.90 Å². The number of sulfone groups is 1. The molecule has 1 fully saturated rings. The molecule has 3 rings (SSSR count). The number of hydrogen-bond donors (Lipinski definition) is 0. The molecule has 25 heavy (non-hydrogen) atoms. The van der Waals surface area contributed by atoms with Gasteiger partial charge in [0.15, 0.2) is 14.2 Å². The first kappa shape index (κ1) is 18.7. The number of amides is 1. The van der Waals surface area contributed by atoms with Crippen molar-refractivity contribution in [2.24, 2.45) is 0 Å². The minimum atomic E-state index is -3.01. The second-order valence-electron chi connectivity index (χ2n) is 6.35. The summed E-state index contributed by atoms with van der Waals surface area (Å²) in [6, 6.07) is 7.77. The largest absolute Gasteiger partial charge is 0.335 e.